The molecule has 0 aliphatic carbocycles. The van der Waals surface area contributed by atoms with Crippen LogP contribution in [0.1, 0.15) is 10.4 Å². The van der Waals surface area contributed by atoms with Gasteiger partial charge in [-0.1, -0.05) is 6.07 Å². The van der Waals surface area contributed by atoms with Crippen LogP contribution >= 0.6 is 11.3 Å². The summed E-state index contributed by atoms with van der Waals surface area (Å²) in [6.45, 7) is 0. The molecule has 0 aliphatic heterocycles. The lowest BCUT2D eigenvalue weighted by Crippen LogP contribution is -2.02. The molecule has 3 aromatic heterocycles. The van der Waals surface area contributed by atoms with E-state index in [0.29, 0.717) is 16.5 Å². The van der Waals surface area contributed by atoms with E-state index in [1.807, 2.05) is 23.6 Å². The zero-order chi connectivity index (χ0) is 15.4. The fourth-order valence-electron chi connectivity index (χ4n) is 1.78. The minimum absolute atomic E-state index is 0.404. The summed E-state index contributed by atoms with van der Waals surface area (Å²) in [5, 5.41) is 5.73. The Kier molecular flexibility index (Phi) is 4.06. The van der Waals surface area contributed by atoms with Gasteiger partial charge < -0.3 is 10.1 Å². The number of nitrogens with zero attached hydrogens (tertiary/aromatic N) is 3. The van der Waals surface area contributed by atoms with Crippen LogP contribution in [-0.4, -0.2) is 28.0 Å². The van der Waals surface area contributed by atoms with Gasteiger partial charge in [0.25, 0.3) is 0 Å². The molecule has 0 radical (unpaired) electrons. The van der Waals surface area contributed by atoms with E-state index in [-0.39, 0.29) is 0 Å². The third-order valence-corrected chi connectivity index (χ3v) is 3.61. The number of rotatable bonds is 4. The lowest BCUT2D eigenvalue weighted by Gasteiger charge is -2.02. The molecule has 0 atom stereocenters. The molecular formula is C15H12N4O2S. The minimum atomic E-state index is -0.411. The lowest BCUT2D eigenvalue weighted by molar-refractivity contribution is 0.0600. The van der Waals surface area contributed by atoms with Crippen molar-refractivity contribution in [2.24, 2.45) is 0 Å². The fraction of sp³-hybridized carbons (Fsp3) is 0.0667. The molecule has 0 fully saturated rings. The molecule has 0 unspecified atom stereocenters. The highest BCUT2D eigenvalue weighted by Crippen LogP contribution is 2.25. The standard InChI is InChI=1S/C15H12N4O2S/c1-21-14(20)10-5-6-13(17-8-10)19-15-18-12(9-22-15)11-4-2-3-7-16-11/h2-9H,1H3,(H,17,18,19). The first-order valence-electron chi connectivity index (χ1n) is 6.44. The maximum Gasteiger partial charge on any atom is 0.339 e. The summed E-state index contributed by atoms with van der Waals surface area (Å²) in [5.41, 5.74) is 2.03. The number of anilines is 2. The van der Waals surface area contributed by atoms with Gasteiger partial charge >= 0.3 is 5.97 Å². The Hall–Kier alpha value is -2.80. The van der Waals surface area contributed by atoms with Gasteiger partial charge in [-0.05, 0) is 24.3 Å². The van der Waals surface area contributed by atoms with Crippen molar-refractivity contribution in [3.8, 4) is 11.4 Å². The Bertz CT molecular complexity index is 772. The number of hydrogen-bond acceptors (Lipinski definition) is 7. The second kappa shape index (κ2) is 6.31. The van der Waals surface area contributed by atoms with Crippen molar-refractivity contribution in [2.75, 3.05) is 12.4 Å². The van der Waals surface area contributed by atoms with E-state index in [0.717, 1.165) is 11.4 Å². The van der Waals surface area contributed by atoms with E-state index < -0.39 is 5.97 Å². The SMILES string of the molecule is COC(=O)c1ccc(Nc2nc(-c3ccccn3)cs2)nc1. The number of esters is 1. The molecule has 3 rings (SSSR count). The highest BCUT2D eigenvalue weighted by molar-refractivity contribution is 7.14. The Labute approximate surface area is 130 Å². The van der Waals surface area contributed by atoms with Crippen molar-refractivity contribution in [2.45, 2.75) is 0 Å². The van der Waals surface area contributed by atoms with Crippen LogP contribution < -0.4 is 5.32 Å². The first kappa shape index (κ1) is 14.2. The number of pyridine rings is 2. The van der Waals surface area contributed by atoms with Crippen LogP contribution in [0.5, 0.6) is 0 Å². The largest absolute Gasteiger partial charge is 0.465 e. The van der Waals surface area contributed by atoms with E-state index in [1.54, 1.807) is 18.3 Å². The quantitative estimate of drug-likeness (QED) is 0.746. The molecule has 0 bridgehead atoms. The Morgan fingerprint density at radius 3 is 2.77 bits per heavy atom. The predicted octanol–water partition coefficient (Wildman–Crippen LogP) is 3.13. The number of hydrogen-bond donors (Lipinski definition) is 1. The summed E-state index contributed by atoms with van der Waals surface area (Å²) < 4.78 is 4.63. The number of carbonyl (C=O) groups is 1. The molecule has 0 spiro atoms. The Morgan fingerprint density at radius 2 is 2.09 bits per heavy atom. The van der Waals surface area contributed by atoms with Gasteiger partial charge in [0.2, 0.25) is 0 Å². The Balaban J connectivity index is 1.74. The van der Waals surface area contributed by atoms with E-state index >= 15 is 0 Å². The van der Waals surface area contributed by atoms with Crippen molar-refractivity contribution < 1.29 is 9.53 Å². The molecule has 110 valence electrons. The van der Waals surface area contributed by atoms with E-state index in [9.17, 15) is 4.79 Å². The van der Waals surface area contributed by atoms with E-state index in [1.165, 1.54) is 24.6 Å². The van der Waals surface area contributed by atoms with Gasteiger partial charge in [0.15, 0.2) is 5.13 Å². The van der Waals surface area contributed by atoms with Crippen LogP contribution in [0, 0.1) is 0 Å². The summed E-state index contributed by atoms with van der Waals surface area (Å²) in [7, 11) is 1.34. The molecule has 3 heterocycles. The summed E-state index contributed by atoms with van der Waals surface area (Å²) in [4.78, 5) is 24.2. The van der Waals surface area contributed by atoms with Gasteiger partial charge in [0.05, 0.1) is 18.4 Å². The molecule has 6 nitrogen and oxygen atoms in total. The topological polar surface area (TPSA) is 77.0 Å². The number of ether oxygens (including phenoxy) is 1. The monoisotopic (exact) mass is 312 g/mol. The summed E-state index contributed by atoms with van der Waals surface area (Å²) in [6, 6.07) is 9.04. The lowest BCUT2D eigenvalue weighted by atomic mass is 10.3. The van der Waals surface area contributed by atoms with Crippen molar-refractivity contribution in [1.82, 2.24) is 15.0 Å². The fourth-order valence-corrected chi connectivity index (χ4v) is 2.49. The van der Waals surface area contributed by atoms with Gasteiger partial charge in [0.1, 0.15) is 11.5 Å². The maximum atomic E-state index is 11.3. The summed E-state index contributed by atoms with van der Waals surface area (Å²) in [5.74, 6) is 0.195. The molecule has 0 aromatic carbocycles. The average molecular weight is 312 g/mol. The minimum Gasteiger partial charge on any atom is -0.465 e. The molecule has 0 amide bonds. The molecule has 22 heavy (non-hydrogen) atoms. The van der Waals surface area contributed by atoms with Crippen LogP contribution in [0.2, 0.25) is 0 Å². The molecular weight excluding hydrogens is 300 g/mol. The molecule has 1 N–H and O–H groups in total. The second-order valence-electron chi connectivity index (χ2n) is 4.30. The van der Waals surface area contributed by atoms with Crippen molar-refractivity contribution in [3.63, 3.8) is 0 Å². The smallest absolute Gasteiger partial charge is 0.339 e. The number of thiazole rings is 1. The molecule has 0 saturated carbocycles. The first-order valence-corrected chi connectivity index (χ1v) is 7.32. The molecule has 0 aliphatic rings. The van der Waals surface area contributed by atoms with Crippen LogP contribution in [0.15, 0.2) is 48.1 Å². The number of aromatic nitrogens is 3. The number of carbonyl (C=O) groups excluding carboxylic acids is 1. The van der Waals surface area contributed by atoms with E-state index in [4.69, 9.17) is 0 Å². The maximum absolute atomic E-state index is 11.3. The highest BCUT2D eigenvalue weighted by atomic mass is 32.1. The zero-order valence-corrected chi connectivity index (χ0v) is 12.5. The van der Waals surface area contributed by atoms with Crippen LogP contribution in [0.25, 0.3) is 11.4 Å². The van der Waals surface area contributed by atoms with E-state index in [2.05, 4.69) is 25.0 Å². The second-order valence-corrected chi connectivity index (χ2v) is 5.16. The molecule has 3 aromatic rings. The van der Waals surface area contributed by atoms with Crippen LogP contribution in [0.4, 0.5) is 10.9 Å². The molecule has 0 saturated heterocycles. The van der Waals surface area contributed by atoms with Gasteiger partial charge in [-0.15, -0.1) is 11.3 Å². The van der Waals surface area contributed by atoms with Crippen LogP contribution in [0.3, 0.4) is 0 Å². The Morgan fingerprint density at radius 1 is 1.18 bits per heavy atom. The highest BCUT2D eigenvalue weighted by Gasteiger charge is 2.08. The molecule has 7 heteroatoms. The van der Waals surface area contributed by atoms with Crippen molar-refractivity contribution in [3.05, 3.63) is 53.7 Å². The normalized spacial score (nSPS) is 10.2. The van der Waals surface area contributed by atoms with Crippen molar-refractivity contribution >= 4 is 28.3 Å². The first-order chi connectivity index (χ1) is 10.8. The van der Waals surface area contributed by atoms with Gasteiger partial charge in [-0.3, -0.25) is 4.98 Å². The third kappa shape index (κ3) is 3.09. The van der Waals surface area contributed by atoms with Crippen molar-refractivity contribution in [1.29, 1.82) is 0 Å². The van der Waals surface area contributed by atoms with Gasteiger partial charge in [0, 0.05) is 17.8 Å². The number of nitrogens with one attached hydrogen (secondary N) is 1. The van der Waals surface area contributed by atoms with Crippen LogP contribution in [-0.2, 0) is 4.74 Å². The van der Waals surface area contributed by atoms with Gasteiger partial charge in [-0.2, -0.15) is 0 Å². The number of methoxy groups -OCH3 is 1. The third-order valence-electron chi connectivity index (χ3n) is 2.85. The average Bonchev–Trinajstić information content (AvgIpc) is 3.04. The predicted molar refractivity (Wildman–Crippen MR) is 84.2 cm³/mol. The van der Waals surface area contributed by atoms with Gasteiger partial charge in [-0.25, -0.2) is 14.8 Å². The summed E-state index contributed by atoms with van der Waals surface area (Å²) in [6.07, 6.45) is 3.19. The zero-order valence-electron chi connectivity index (χ0n) is 11.7. The summed E-state index contributed by atoms with van der Waals surface area (Å²) >= 11 is 1.46.